The number of carbonyl (C=O) groups is 1. The molecule has 1 N–H and O–H groups in total. The van der Waals surface area contributed by atoms with Crippen molar-refractivity contribution in [2.24, 2.45) is 23.7 Å². The van der Waals surface area contributed by atoms with Crippen LogP contribution in [0.15, 0.2) is 11.8 Å². The van der Waals surface area contributed by atoms with Crippen molar-refractivity contribution in [1.29, 1.82) is 0 Å². The highest BCUT2D eigenvalue weighted by molar-refractivity contribution is 5.79. The molecule has 4 rings (SSSR count). The summed E-state index contributed by atoms with van der Waals surface area (Å²) in [6, 6.07) is 0. The van der Waals surface area contributed by atoms with Crippen LogP contribution in [0.3, 0.4) is 0 Å². The Morgan fingerprint density at radius 1 is 0.931 bits per heavy atom. The van der Waals surface area contributed by atoms with Crippen LogP contribution in [-0.4, -0.2) is 55.0 Å². The van der Waals surface area contributed by atoms with Gasteiger partial charge in [0.15, 0.2) is 0 Å². The van der Waals surface area contributed by atoms with Gasteiger partial charge >= 0.3 is 0 Å². The lowest BCUT2D eigenvalue weighted by Crippen LogP contribution is -2.53. The molecule has 2 heterocycles. The molecule has 4 heteroatoms. The fourth-order valence-corrected chi connectivity index (χ4v) is 6.40. The third-order valence-corrected chi connectivity index (χ3v) is 8.33. The van der Waals surface area contributed by atoms with Crippen LogP contribution in [0.25, 0.3) is 0 Å². The summed E-state index contributed by atoms with van der Waals surface area (Å²) in [6.45, 7) is 8.48. The maximum absolute atomic E-state index is 13.7. The maximum atomic E-state index is 13.7. The van der Waals surface area contributed by atoms with Crippen molar-refractivity contribution in [2.75, 3.05) is 39.3 Å². The lowest BCUT2D eigenvalue weighted by Gasteiger charge is -2.42. The number of amides is 1. The topological polar surface area (TPSA) is 35.6 Å². The quantitative estimate of drug-likeness (QED) is 0.741. The average Bonchev–Trinajstić information content (AvgIpc) is 2.77. The molecule has 0 bridgehead atoms. The van der Waals surface area contributed by atoms with Gasteiger partial charge in [0, 0.05) is 45.2 Å². The van der Waals surface area contributed by atoms with Gasteiger partial charge < -0.3 is 10.2 Å². The summed E-state index contributed by atoms with van der Waals surface area (Å²) < 4.78 is 0. The van der Waals surface area contributed by atoms with Crippen LogP contribution in [0.2, 0.25) is 0 Å². The summed E-state index contributed by atoms with van der Waals surface area (Å²) >= 11 is 0. The summed E-state index contributed by atoms with van der Waals surface area (Å²) in [6.07, 6.45) is 16.8. The molecule has 1 saturated heterocycles. The smallest absolute Gasteiger partial charge is 0.226 e. The second-order valence-corrected chi connectivity index (χ2v) is 10.3. The Labute approximate surface area is 178 Å². The summed E-state index contributed by atoms with van der Waals surface area (Å²) in [5.41, 5.74) is 1.54. The minimum absolute atomic E-state index is 0.326. The van der Waals surface area contributed by atoms with Crippen molar-refractivity contribution < 1.29 is 4.79 Å². The van der Waals surface area contributed by atoms with Crippen molar-refractivity contribution in [3.63, 3.8) is 0 Å². The molecule has 2 aliphatic carbocycles. The molecule has 2 saturated carbocycles. The van der Waals surface area contributed by atoms with Crippen molar-refractivity contribution in [3.05, 3.63) is 11.8 Å². The molecular weight excluding hydrogens is 358 g/mol. The van der Waals surface area contributed by atoms with Crippen LogP contribution >= 0.6 is 0 Å². The number of carbonyl (C=O) groups excluding carboxylic acids is 1. The molecule has 0 radical (unpaired) electrons. The molecule has 1 atom stereocenters. The zero-order chi connectivity index (χ0) is 20.1. The van der Waals surface area contributed by atoms with Gasteiger partial charge in [0.25, 0.3) is 0 Å². The van der Waals surface area contributed by atoms with E-state index in [9.17, 15) is 4.79 Å². The standard InChI is InChI=1S/C25H43N3O/c1-20-12-13-26-18-23(20)19-27-14-16-28(17-15-27)25(29)24(21-8-4-2-5-9-21)22-10-6-3-7-11-22/h18,20-22,24,26H,2-17,19H2,1H3. The number of rotatable bonds is 5. The monoisotopic (exact) mass is 401 g/mol. The van der Waals surface area contributed by atoms with E-state index >= 15 is 0 Å². The molecule has 29 heavy (non-hydrogen) atoms. The number of piperazine rings is 1. The van der Waals surface area contributed by atoms with Crippen molar-refractivity contribution in [3.8, 4) is 0 Å². The Balaban J connectivity index is 1.35. The van der Waals surface area contributed by atoms with Crippen LogP contribution < -0.4 is 5.32 Å². The van der Waals surface area contributed by atoms with E-state index in [0.29, 0.717) is 29.6 Å². The molecule has 164 valence electrons. The van der Waals surface area contributed by atoms with E-state index in [4.69, 9.17) is 0 Å². The van der Waals surface area contributed by atoms with Gasteiger partial charge in [-0.1, -0.05) is 45.4 Å². The van der Waals surface area contributed by atoms with Gasteiger partial charge in [-0.25, -0.2) is 0 Å². The van der Waals surface area contributed by atoms with E-state index in [1.54, 1.807) is 5.57 Å². The third kappa shape index (κ3) is 5.37. The average molecular weight is 402 g/mol. The second kappa shape index (κ2) is 10.3. The number of nitrogens with one attached hydrogen (secondary N) is 1. The van der Waals surface area contributed by atoms with E-state index in [-0.39, 0.29) is 0 Å². The van der Waals surface area contributed by atoms with Crippen molar-refractivity contribution in [1.82, 2.24) is 15.1 Å². The van der Waals surface area contributed by atoms with Gasteiger partial charge in [-0.15, -0.1) is 0 Å². The van der Waals surface area contributed by atoms with E-state index in [1.807, 2.05) is 0 Å². The highest BCUT2D eigenvalue weighted by atomic mass is 16.2. The van der Waals surface area contributed by atoms with Gasteiger partial charge in [-0.2, -0.15) is 0 Å². The zero-order valence-electron chi connectivity index (χ0n) is 18.7. The highest BCUT2D eigenvalue weighted by Gasteiger charge is 2.39. The Hall–Kier alpha value is -1.03. The molecule has 4 aliphatic rings. The van der Waals surface area contributed by atoms with Gasteiger partial charge in [-0.3, -0.25) is 9.69 Å². The summed E-state index contributed by atoms with van der Waals surface area (Å²) in [7, 11) is 0. The van der Waals surface area contributed by atoms with Crippen molar-refractivity contribution in [2.45, 2.75) is 77.6 Å². The van der Waals surface area contributed by atoms with Crippen LogP contribution in [0.1, 0.15) is 77.6 Å². The summed E-state index contributed by atoms with van der Waals surface area (Å²) in [5.74, 6) is 2.87. The molecule has 0 spiro atoms. The fraction of sp³-hybridized carbons (Fsp3) is 0.880. The third-order valence-electron chi connectivity index (χ3n) is 8.33. The minimum atomic E-state index is 0.326. The normalized spacial score (nSPS) is 28.3. The zero-order valence-corrected chi connectivity index (χ0v) is 18.7. The van der Waals surface area contributed by atoms with Gasteiger partial charge in [0.05, 0.1) is 0 Å². The molecule has 1 amide bonds. The SMILES string of the molecule is CC1CCNC=C1CN1CCN(C(=O)C(C2CCCCC2)C2CCCCC2)CC1. The predicted molar refractivity (Wildman–Crippen MR) is 120 cm³/mol. The fourth-order valence-electron chi connectivity index (χ4n) is 6.40. The number of nitrogens with zero attached hydrogens (tertiary/aromatic N) is 2. The first-order valence-corrected chi connectivity index (χ1v) is 12.7. The van der Waals surface area contributed by atoms with Gasteiger partial charge in [0.1, 0.15) is 0 Å². The van der Waals surface area contributed by atoms with E-state index in [2.05, 4.69) is 28.2 Å². The van der Waals surface area contributed by atoms with E-state index in [1.165, 1.54) is 70.6 Å². The predicted octanol–water partition coefficient (Wildman–Crippen LogP) is 4.42. The molecule has 0 aromatic carbocycles. The first-order valence-electron chi connectivity index (χ1n) is 12.7. The first-order chi connectivity index (χ1) is 14.2. The molecule has 0 aromatic rings. The summed E-state index contributed by atoms with van der Waals surface area (Å²) in [4.78, 5) is 18.5. The number of hydrogen-bond donors (Lipinski definition) is 1. The maximum Gasteiger partial charge on any atom is 0.226 e. The lowest BCUT2D eigenvalue weighted by molar-refractivity contribution is -0.142. The molecular formula is C25H43N3O. The molecule has 2 aliphatic heterocycles. The minimum Gasteiger partial charge on any atom is -0.391 e. The molecule has 3 fully saturated rings. The number of hydrogen-bond acceptors (Lipinski definition) is 3. The van der Waals surface area contributed by atoms with Crippen molar-refractivity contribution >= 4 is 5.91 Å². The highest BCUT2D eigenvalue weighted by Crippen LogP contribution is 2.41. The van der Waals surface area contributed by atoms with Gasteiger partial charge in [0.2, 0.25) is 5.91 Å². The second-order valence-electron chi connectivity index (χ2n) is 10.3. The first kappa shape index (κ1) is 21.2. The molecule has 0 aromatic heterocycles. The lowest BCUT2D eigenvalue weighted by atomic mass is 9.69. The Morgan fingerprint density at radius 2 is 1.52 bits per heavy atom. The Morgan fingerprint density at radius 3 is 2.07 bits per heavy atom. The largest absolute Gasteiger partial charge is 0.391 e. The van der Waals surface area contributed by atoms with Crippen LogP contribution in [-0.2, 0) is 4.79 Å². The van der Waals surface area contributed by atoms with Crippen LogP contribution in [0, 0.1) is 23.7 Å². The summed E-state index contributed by atoms with van der Waals surface area (Å²) in [5, 5.41) is 3.42. The van der Waals surface area contributed by atoms with Crippen LogP contribution in [0.4, 0.5) is 0 Å². The van der Waals surface area contributed by atoms with E-state index in [0.717, 1.165) is 39.3 Å². The van der Waals surface area contributed by atoms with Gasteiger partial charge in [-0.05, 0) is 61.6 Å². The van der Waals surface area contributed by atoms with E-state index < -0.39 is 0 Å². The Bertz CT molecular complexity index is 536. The molecule has 1 unspecified atom stereocenters. The molecule has 4 nitrogen and oxygen atoms in total. The van der Waals surface area contributed by atoms with Crippen LogP contribution in [0.5, 0.6) is 0 Å². The Kier molecular flexibility index (Phi) is 7.55.